The molecule has 18 heteroatoms. The molecule has 4 atom stereocenters. The van der Waals surface area contributed by atoms with Crippen LogP contribution >= 0.6 is 0 Å². The number of halogens is 2. The molecule has 4 amide bonds. The van der Waals surface area contributed by atoms with Crippen molar-refractivity contribution in [2.75, 3.05) is 32.8 Å². The van der Waals surface area contributed by atoms with Gasteiger partial charge in [-0.25, -0.2) is 23.2 Å². The highest BCUT2D eigenvalue weighted by atomic mass is 28.4. The molecule has 0 N–H and O–H groups in total. The summed E-state index contributed by atoms with van der Waals surface area (Å²) in [4.78, 5) is 64.1. The standard InChI is InChI=1S/C48H62F2N8O7Si/c1-31(65-66(8,9)48(5,6)7)45(61)57(26-34-25-55(46(62)64-47(2,3)4)30-40(34)58-28-36(52-53-58)27-56-41(59)17-18-42(56)60)43(33-19-21-63-22-20-33)44-51-39(37-23-35(49)15-16-38(37)50)29-54(44)24-32-13-11-10-12-14-32/h10-18,23,28-29,31,33-34,40,43H,19-22,24-27,30H2,1-9H3/t31-,34-,40+,43+/m0/s1. The van der Waals surface area contributed by atoms with E-state index in [0.717, 1.165) is 28.7 Å². The number of carbonyl (C=O) groups excluding carboxylic acids is 4. The number of hydrogen-bond donors (Lipinski definition) is 0. The molecule has 354 valence electrons. The van der Waals surface area contributed by atoms with Crippen LogP contribution in [0, 0.1) is 23.5 Å². The smallest absolute Gasteiger partial charge is 0.410 e. The summed E-state index contributed by atoms with van der Waals surface area (Å²) < 4.78 is 52.7. The van der Waals surface area contributed by atoms with E-state index >= 15 is 9.18 Å². The Kier molecular flexibility index (Phi) is 14.2. The molecular formula is C48H62F2N8O7Si. The number of nitrogens with zero attached hydrogens (tertiary/aromatic N) is 8. The summed E-state index contributed by atoms with van der Waals surface area (Å²) in [7, 11) is -2.54. The maximum Gasteiger partial charge on any atom is 0.410 e. The number of rotatable bonds is 14. The summed E-state index contributed by atoms with van der Waals surface area (Å²) in [6.07, 6.45) is 5.48. The average Bonchev–Trinajstić information content (AvgIpc) is 4.06. The largest absolute Gasteiger partial charge is 0.444 e. The van der Waals surface area contributed by atoms with Gasteiger partial charge in [0.25, 0.3) is 17.7 Å². The van der Waals surface area contributed by atoms with Crippen LogP contribution in [0.3, 0.4) is 0 Å². The number of imidazole rings is 1. The number of benzene rings is 2. The SMILES string of the molecule is C[C@H](O[Si](C)(C)C(C)(C)C)C(=O)N(C[C@@H]1CN(C(=O)OC(C)(C)C)C[C@H]1n1cc(CN2C(=O)C=CC2=O)nn1)[C@@H](c1nc(-c2cc(F)ccc2F)cn1Cc1ccccc1)C1CCOCC1. The quantitative estimate of drug-likeness (QED) is 0.0908. The maximum atomic E-state index is 15.7. The van der Waals surface area contributed by atoms with Crippen molar-refractivity contribution in [3.63, 3.8) is 0 Å². The average molecular weight is 929 g/mol. The van der Waals surface area contributed by atoms with Gasteiger partial charge < -0.3 is 28.3 Å². The van der Waals surface area contributed by atoms with Crippen LogP contribution in [-0.4, -0.2) is 116 Å². The van der Waals surface area contributed by atoms with E-state index in [1.54, 1.807) is 49.7 Å². The van der Waals surface area contributed by atoms with Crippen LogP contribution in [0.5, 0.6) is 0 Å². The Morgan fingerprint density at radius 1 is 0.939 bits per heavy atom. The summed E-state index contributed by atoms with van der Waals surface area (Å²) in [6.45, 7) is 19.1. The highest BCUT2D eigenvalue weighted by molar-refractivity contribution is 6.74. The molecule has 15 nitrogen and oxygen atoms in total. The first-order valence-electron chi connectivity index (χ1n) is 22.6. The zero-order chi connectivity index (χ0) is 47.7. The minimum absolute atomic E-state index is 0.0137. The molecule has 0 radical (unpaired) electrons. The molecule has 0 bridgehead atoms. The predicted octanol–water partition coefficient (Wildman–Crippen LogP) is 7.71. The third kappa shape index (κ3) is 11.0. The second-order valence-corrected chi connectivity index (χ2v) is 24.9. The molecule has 2 aromatic carbocycles. The van der Waals surface area contributed by atoms with Crippen molar-refractivity contribution >= 4 is 32.1 Å². The lowest BCUT2D eigenvalue weighted by Gasteiger charge is -2.43. The van der Waals surface area contributed by atoms with E-state index in [1.165, 1.54) is 12.2 Å². The fraction of sp³-hybridized carbons (Fsp3) is 0.521. The Morgan fingerprint density at radius 3 is 2.27 bits per heavy atom. The van der Waals surface area contributed by atoms with Gasteiger partial charge in [-0.15, -0.1) is 5.10 Å². The predicted molar refractivity (Wildman–Crippen MR) is 244 cm³/mol. The Bertz CT molecular complexity index is 2420. The number of ether oxygens (including phenoxy) is 2. The van der Waals surface area contributed by atoms with Gasteiger partial charge in [-0.3, -0.25) is 19.3 Å². The first kappa shape index (κ1) is 48.3. The van der Waals surface area contributed by atoms with Gasteiger partial charge in [0.1, 0.15) is 34.9 Å². The summed E-state index contributed by atoms with van der Waals surface area (Å²) in [5.74, 6) is -2.67. The monoisotopic (exact) mass is 928 g/mol. The highest BCUT2D eigenvalue weighted by Crippen LogP contribution is 2.42. The second kappa shape index (κ2) is 19.3. The van der Waals surface area contributed by atoms with E-state index in [2.05, 4.69) is 44.2 Å². The first-order valence-corrected chi connectivity index (χ1v) is 25.5. The van der Waals surface area contributed by atoms with E-state index in [4.69, 9.17) is 18.9 Å². The van der Waals surface area contributed by atoms with Gasteiger partial charge in [-0.2, -0.15) is 0 Å². The molecule has 7 rings (SSSR count). The van der Waals surface area contributed by atoms with Crippen molar-refractivity contribution in [3.8, 4) is 11.3 Å². The zero-order valence-corrected chi connectivity index (χ0v) is 40.4. The zero-order valence-electron chi connectivity index (χ0n) is 39.4. The molecule has 3 aliphatic heterocycles. The number of amides is 4. The van der Waals surface area contributed by atoms with E-state index in [1.807, 2.05) is 39.8 Å². The lowest BCUT2D eigenvalue weighted by molar-refractivity contribution is -0.145. The molecule has 66 heavy (non-hydrogen) atoms. The van der Waals surface area contributed by atoms with E-state index in [-0.39, 0.29) is 54.3 Å². The van der Waals surface area contributed by atoms with Crippen LogP contribution in [0.2, 0.25) is 18.1 Å². The fourth-order valence-electron chi connectivity index (χ4n) is 8.63. The molecule has 0 aliphatic carbocycles. The molecule has 2 saturated heterocycles. The summed E-state index contributed by atoms with van der Waals surface area (Å²) in [5, 5.41) is 8.59. The Morgan fingerprint density at radius 2 is 1.62 bits per heavy atom. The number of hydrogen-bond acceptors (Lipinski definition) is 10. The topological polar surface area (TPSA) is 154 Å². The van der Waals surface area contributed by atoms with Gasteiger partial charge in [-0.05, 0) is 88.3 Å². The van der Waals surface area contributed by atoms with E-state index in [0.29, 0.717) is 44.1 Å². The molecule has 0 unspecified atom stereocenters. The molecule has 0 spiro atoms. The molecule has 5 heterocycles. The minimum Gasteiger partial charge on any atom is -0.444 e. The number of likely N-dealkylation sites (tertiary alicyclic amines) is 1. The van der Waals surface area contributed by atoms with Crippen molar-refractivity contribution in [2.45, 2.75) is 116 Å². The molecule has 3 aliphatic rings. The summed E-state index contributed by atoms with van der Waals surface area (Å²) in [6, 6.07) is 11.7. The first-order chi connectivity index (χ1) is 31.1. The number of aromatic nitrogens is 5. The lowest BCUT2D eigenvalue weighted by atomic mass is 9.88. The fourth-order valence-corrected chi connectivity index (χ4v) is 9.97. The van der Waals surface area contributed by atoms with Gasteiger partial charge in [0, 0.05) is 69.2 Å². The molecule has 2 aromatic heterocycles. The van der Waals surface area contributed by atoms with Crippen LogP contribution in [-0.2, 0) is 41.4 Å². The van der Waals surface area contributed by atoms with Gasteiger partial charge >= 0.3 is 6.09 Å². The number of carbonyl (C=O) groups is 4. The third-order valence-electron chi connectivity index (χ3n) is 13.0. The van der Waals surface area contributed by atoms with Crippen molar-refractivity contribution in [3.05, 3.63) is 102 Å². The van der Waals surface area contributed by atoms with Crippen LogP contribution in [0.4, 0.5) is 13.6 Å². The van der Waals surface area contributed by atoms with Gasteiger partial charge in [0.2, 0.25) is 0 Å². The van der Waals surface area contributed by atoms with Crippen LogP contribution < -0.4 is 0 Å². The van der Waals surface area contributed by atoms with Crippen LogP contribution in [0.1, 0.15) is 90.5 Å². The van der Waals surface area contributed by atoms with Crippen LogP contribution in [0.25, 0.3) is 11.3 Å². The lowest BCUT2D eigenvalue weighted by Crippen LogP contribution is -2.52. The second-order valence-electron chi connectivity index (χ2n) is 20.1. The normalized spacial score (nSPS) is 19.4. The van der Waals surface area contributed by atoms with Crippen molar-refractivity contribution in [2.24, 2.45) is 11.8 Å². The molecular weight excluding hydrogens is 867 g/mol. The Labute approximate surface area is 386 Å². The summed E-state index contributed by atoms with van der Waals surface area (Å²) >= 11 is 0. The Balaban J connectivity index is 1.37. The van der Waals surface area contributed by atoms with Crippen molar-refractivity contribution in [1.29, 1.82) is 0 Å². The maximum absolute atomic E-state index is 15.7. The van der Waals surface area contributed by atoms with Crippen molar-refractivity contribution < 1.29 is 41.9 Å². The third-order valence-corrected chi connectivity index (χ3v) is 17.6. The minimum atomic E-state index is -2.54. The van der Waals surface area contributed by atoms with Gasteiger partial charge in [0.15, 0.2) is 8.32 Å². The van der Waals surface area contributed by atoms with Gasteiger partial charge in [-0.1, -0.05) is 56.3 Å². The molecule has 2 fully saturated rings. The van der Waals surface area contributed by atoms with E-state index in [9.17, 15) is 18.8 Å². The molecule has 0 saturated carbocycles. The highest BCUT2D eigenvalue weighted by Gasteiger charge is 2.47. The summed E-state index contributed by atoms with van der Waals surface area (Å²) in [5.41, 5.74) is 0.692. The van der Waals surface area contributed by atoms with E-state index < -0.39 is 67.6 Å². The van der Waals surface area contributed by atoms with Crippen molar-refractivity contribution in [1.82, 2.24) is 39.2 Å². The van der Waals surface area contributed by atoms with Crippen LogP contribution in [0.15, 0.2) is 73.1 Å². The number of imide groups is 1. The Hall–Kier alpha value is -5.59. The molecule has 4 aromatic rings. The van der Waals surface area contributed by atoms with Gasteiger partial charge in [0.05, 0.1) is 30.5 Å².